The molecular formula is C12H27NO4. The van der Waals surface area contributed by atoms with Crippen molar-refractivity contribution in [1.82, 2.24) is 5.32 Å². The Balaban J connectivity index is -0.000000439. The van der Waals surface area contributed by atoms with Crippen molar-refractivity contribution >= 4 is 12.1 Å². The Morgan fingerprint density at radius 2 is 1.47 bits per heavy atom. The number of hydrogen-bond acceptors (Lipinski definition) is 3. The van der Waals surface area contributed by atoms with Crippen LogP contribution in [0.4, 0.5) is 4.79 Å². The second kappa shape index (κ2) is 11.2. The van der Waals surface area contributed by atoms with Gasteiger partial charge in [-0.05, 0) is 27.7 Å². The Morgan fingerprint density at radius 1 is 1.12 bits per heavy atom. The second-order valence-corrected chi connectivity index (χ2v) is 3.71. The first-order chi connectivity index (χ1) is 7.72. The molecule has 5 heteroatoms. The van der Waals surface area contributed by atoms with Crippen LogP contribution >= 0.6 is 0 Å². The van der Waals surface area contributed by atoms with Gasteiger partial charge in [-0.25, -0.2) is 4.79 Å². The van der Waals surface area contributed by atoms with E-state index in [9.17, 15) is 9.59 Å². The molecule has 1 atom stereocenters. The van der Waals surface area contributed by atoms with E-state index in [2.05, 4.69) is 5.32 Å². The van der Waals surface area contributed by atoms with Crippen LogP contribution in [0.1, 0.15) is 55.4 Å². The topological polar surface area (TPSA) is 75.6 Å². The fraction of sp³-hybridized carbons (Fsp3) is 0.833. The monoisotopic (exact) mass is 249 g/mol. The van der Waals surface area contributed by atoms with Crippen molar-refractivity contribution in [3.8, 4) is 0 Å². The normalized spacial score (nSPS) is 10.8. The lowest BCUT2D eigenvalue weighted by molar-refractivity contribution is -0.139. The van der Waals surface area contributed by atoms with Crippen molar-refractivity contribution in [2.75, 3.05) is 0 Å². The number of aliphatic carboxylic acids is 1. The first kappa shape index (κ1) is 21.1. The van der Waals surface area contributed by atoms with Crippen LogP contribution in [0, 0.1) is 0 Å². The maximum atomic E-state index is 11.0. The highest BCUT2D eigenvalue weighted by Gasteiger charge is 2.20. The van der Waals surface area contributed by atoms with E-state index >= 15 is 0 Å². The Labute approximate surface area is 105 Å². The third-order valence-electron chi connectivity index (χ3n) is 1.10. The van der Waals surface area contributed by atoms with Gasteiger partial charge in [-0.2, -0.15) is 0 Å². The highest BCUT2D eigenvalue weighted by Crippen LogP contribution is 2.06. The molecule has 0 rings (SSSR count). The molecule has 1 amide bonds. The van der Waals surface area contributed by atoms with Crippen LogP contribution in [-0.4, -0.2) is 28.8 Å². The summed E-state index contributed by atoms with van der Waals surface area (Å²) < 4.78 is 4.85. The van der Waals surface area contributed by atoms with Crippen LogP contribution in [0.3, 0.4) is 0 Å². The molecule has 0 heterocycles. The molecule has 0 fully saturated rings. The maximum Gasteiger partial charge on any atom is 0.408 e. The number of alkyl carbamates (subject to hydrolysis) is 1. The minimum absolute atomic E-state index is 0.609. The molecule has 0 aliphatic carbocycles. The first-order valence-corrected chi connectivity index (χ1v) is 5.94. The van der Waals surface area contributed by atoms with E-state index in [0.717, 1.165) is 0 Å². The Bertz CT molecular complexity index is 209. The summed E-state index contributed by atoms with van der Waals surface area (Å²) in [6.07, 6.45) is -0.720. The Morgan fingerprint density at radius 3 is 1.71 bits per heavy atom. The number of carbonyl (C=O) groups excluding carboxylic acids is 1. The van der Waals surface area contributed by atoms with Crippen LogP contribution in [0.15, 0.2) is 0 Å². The zero-order chi connectivity index (χ0) is 14.6. The minimum atomic E-state index is -1.09. The van der Waals surface area contributed by atoms with Crippen molar-refractivity contribution in [2.24, 2.45) is 0 Å². The van der Waals surface area contributed by atoms with E-state index < -0.39 is 23.7 Å². The molecule has 0 aromatic rings. The average Bonchev–Trinajstić information content (AvgIpc) is 2.20. The number of amides is 1. The minimum Gasteiger partial charge on any atom is -0.480 e. The summed E-state index contributed by atoms with van der Waals surface area (Å²) >= 11 is 0. The summed E-state index contributed by atoms with van der Waals surface area (Å²) in [4.78, 5) is 21.3. The first-order valence-electron chi connectivity index (χ1n) is 5.94. The summed E-state index contributed by atoms with van der Waals surface area (Å²) in [6.45, 7) is 14.5. The Hall–Kier alpha value is -1.26. The van der Waals surface area contributed by atoms with Gasteiger partial charge in [0, 0.05) is 0 Å². The van der Waals surface area contributed by atoms with Crippen molar-refractivity contribution in [3.05, 3.63) is 0 Å². The predicted molar refractivity (Wildman–Crippen MR) is 69.2 cm³/mol. The van der Waals surface area contributed by atoms with E-state index in [1.54, 1.807) is 20.8 Å². The number of carboxylic acids is 1. The SMILES string of the molecule is CC.CC.CC(NC(=O)OC(C)(C)C)C(=O)O. The van der Waals surface area contributed by atoms with Crippen LogP contribution < -0.4 is 5.32 Å². The zero-order valence-electron chi connectivity index (χ0n) is 12.2. The number of carboxylic acid groups (broad SMARTS) is 1. The Kier molecular flexibility index (Phi) is 13.9. The number of rotatable bonds is 2. The van der Waals surface area contributed by atoms with Gasteiger partial charge in [0.05, 0.1) is 0 Å². The second-order valence-electron chi connectivity index (χ2n) is 3.71. The van der Waals surface area contributed by atoms with Gasteiger partial charge in [0.1, 0.15) is 11.6 Å². The van der Waals surface area contributed by atoms with E-state index in [0.29, 0.717) is 0 Å². The predicted octanol–water partition coefficient (Wildman–Crippen LogP) is 3.04. The van der Waals surface area contributed by atoms with Crippen LogP contribution in [0.2, 0.25) is 0 Å². The highest BCUT2D eigenvalue weighted by molar-refractivity contribution is 5.79. The maximum absolute atomic E-state index is 11.0. The lowest BCUT2D eigenvalue weighted by atomic mass is 10.2. The van der Waals surface area contributed by atoms with Gasteiger partial charge in [0.25, 0.3) is 0 Å². The molecule has 0 aliphatic rings. The molecule has 0 aromatic carbocycles. The highest BCUT2D eigenvalue weighted by atomic mass is 16.6. The van der Waals surface area contributed by atoms with Gasteiger partial charge < -0.3 is 15.2 Å². The summed E-state index contributed by atoms with van der Waals surface area (Å²) in [5, 5.41) is 10.6. The molecule has 17 heavy (non-hydrogen) atoms. The van der Waals surface area contributed by atoms with Crippen molar-refractivity contribution in [3.63, 3.8) is 0 Å². The van der Waals surface area contributed by atoms with Gasteiger partial charge in [-0.3, -0.25) is 4.79 Å². The standard InChI is InChI=1S/C8H15NO4.2C2H6/c1-5(6(10)11)9-7(12)13-8(2,3)4;2*1-2/h5H,1-4H3,(H,9,12)(H,10,11);2*1-2H3. The molecule has 0 saturated carbocycles. The number of carbonyl (C=O) groups is 2. The molecule has 104 valence electrons. The summed E-state index contributed by atoms with van der Waals surface area (Å²) in [5.41, 5.74) is -0.609. The smallest absolute Gasteiger partial charge is 0.408 e. The van der Waals surface area contributed by atoms with Crippen LogP contribution in [0.5, 0.6) is 0 Å². The quantitative estimate of drug-likeness (QED) is 0.788. The third-order valence-corrected chi connectivity index (χ3v) is 1.10. The molecule has 2 N–H and O–H groups in total. The van der Waals surface area contributed by atoms with Gasteiger partial charge in [-0.15, -0.1) is 0 Å². The van der Waals surface area contributed by atoms with Gasteiger partial charge in [0.2, 0.25) is 0 Å². The molecule has 0 saturated heterocycles. The molecular weight excluding hydrogens is 222 g/mol. The number of ether oxygens (including phenoxy) is 1. The molecule has 0 bridgehead atoms. The summed E-state index contributed by atoms with van der Waals surface area (Å²) in [7, 11) is 0. The van der Waals surface area contributed by atoms with Crippen molar-refractivity contribution < 1.29 is 19.4 Å². The lowest BCUT2D eigenvalue weighted by Crippen LogP contribution is -2.41. The molecule has 0 radical (unpaired) electrons. The molecule has 1 unspecified atom stereocenters. The lowest BCUT2D eigenvalue weighted by Gasteiger charge is -2.20. The molecule has 5 nitrogen and oxygen atoms in total. The summed E-state index contributed by atoms with van der Waals surface area (Å²) in [5.74, 6) is -1.09. The summed E-state index contributed by atoms with van der Waals surface area (Å²) in [6, 6.07) is -0.935. The van der Waals surface area contributed by atoms with E-state index in [4.69, 9.17) is 9.84 Å². The van der Waals surface area contributed by atoms with E-state index in [-0.39, 0.29) is 0 Å². The van der Waals surface area contributed by atoms with Crippen LogP contribution in [-0.2, 0) is 9.53 Å². The zero-order valence-corrected chi connectivity index (χ0v) is 12.2. The van der Waals surface area contributed by atoms with E-state index in [1.165, 1.54) is 6.92 Å². The van der Waals surface area contributed by atoms with E-state index in [1.807, 2.05) is 27.7 Å². The van der Waals surface area contributed by atoms with Gasteiger partial charge in [-0.1, -0.05) is 27.7 Å². The number of hydrogen-bond donors (Lipinski definition) is 2. The molecule has 0 aliphatic heterocycles. The molecule has 0 aromatic heterocycles. The van der Waals surface area contributed by atoms with Crippen LogP contribution in [0.25, 0.3) is 0 Å². The van der Waals surface area contributed by atoms with Gasteiger partial charge in [0.15, 0.2) is 0 Å². The van der Waals surface area contributed by atoms with Crippen molar-refractivity contribution in [2.45, 2.75) is 67.0 Å². The third kappa shape index (κ3) is 17.4. The largest absolute Gasteiger partial charge is 0.480 e. The van der Waals surface area contributed by atoms with Crippen molar-refractivity contribution in [1.29, 1.82) is 0 Å². The fourth-order valence-electron chi connectivity index (χ4n) is 0.546. The fourth-order valence-corrected chi connectivity index (χ4v) is 0.546. The van der Waals surface area contributed by atoms with Gasteiger partial charge >= 0.3 is 12.1 Å². The average molecular weight is 249 g/mol. The molecule has 0 spiro atoms. The number of nitrogens with one attached hydrogen (secondary N) is 1.